The zero-order chi connectivity index (χ0) is 19.6. The molecule has 0 saturated heterocycles. The van der Waals surface area contributed by atoms with E-state index in [-0.39, 0.29) is 17.6 Å². The van der Waals surface area contributed by atoms with Crippen LogP contribution in [0, 0.1) is 6.92 Å². The maximum Gasteiger partial charge on any atom is 0.224 e. The number of aryl methyl sites for hydroxylation is 1. The van der Waals surface area contributed by atoms with E-state index in [0.717, 1.165) is 47.5 Å². The summed E-state index contributed by atoms with van der Waals surface area (Å²) in [6.45, 7) is 2.00. The van der Waals surface area contributed by atoms with E-state index in [0.29, 0.717) is 6.42 Å². The minimum atomic E-state index is -0.124. The SMILES string of the molecule is COc1ccc(CC(=O)NC2CC3(CCCCC3)Oc3ccccc32)cc1C. The molecule has 0 aromatic heterocycles. The van der Waals surface area contributed by atoms with Gasteiger partial charge < -0.3 is 14.8 Å². The maximum atomic E-state index is 12.8. The van der Waals surface area contributed by atoms with E-state index in [9.17, 15) is 4.79 Å². The van der Waals surface area contributed by atoms with Crippen molar-refractivity contribution in [2.75, 3.05) is 7.11 Å². The number of rotatable bonds is 4. The minimum Gasteiger partial charge on any atom is -0.496 e. The number of methoxy groups -OCH3 is 1. The molecule has 1 saturated carbocycles. The molecular weight excluding hydrogens is 350 g/mol. The lowest BCUT2D eigenvalue weighted by molar-refractivity contribution is -0.122. The highest BCUT2D eigenvalue weighted by Gasteiger charge is 2.42. The van der Waals surface area contributed by atoms with Gasteiger partial charge in [0.2, 0.25) is 5.91 Å². The molecule has 2 aromatic rings. The second kappa shape index (κ2) is 7.86. The van der Waals surface area contributed by atoms with Gasteiger partial charge in [0.15, 0.2) is 0 Å². The maximum absolute atomic E-state index is 12.8. The van der Waals surface area contributed by atoms with Crippen LogP contribution in [0.5, 0.6) is 11.5 Å². The molecule has 1 heterocycles. The summed E-state index contributed by atoms with van der Waals surface area (Å²) >= 11 is 0. The second-order valence-corrected chi connectivity index (χ2v) is 8.19. The van der Waals surface area contributed by atoms with Crippen molar-refractivity contribution >= 4 is 5.91 Å². The third kappa shape index (κ3) is 3.87. The normalized spacial score (nSPS) is 20.1. The third-order valence-electron chi connectivity index (χ3n) is 6.12. The summed E-state index contributed by atoms with van der Waals surface area (Å²) in [5.74, 6) is 1.83. The Labute approximate surface area is 167 Å². The van der Waals surface area contributed by atoms with Crippen molar-refractivity contribution in [3.05, 3.63) is 59.2 Å². The topological polar surface area (TPSA) is 47.6 Å². The molecule has 1 fully saturated rings. The monoisotopic (exact) mass is 379 g/mol. The van der Waals surface area contributed by atoms with Crippen LogP contribution in [0.2, 0.25) is 0 Å². The zero-order valence-electron chi connectivity index (χ0n) is 16.8. The Hall–Kier alpha value is -2.49. The van der Waals surface area contributed by atoms with Crippen molar-refractivity contribution in [1.82, 2.24) is 5.32 Å². The number of hydrogen-bond acceptors (Lipinski definition) is 3. The van der Waals surface area contributed by atoms with Gasteiger partial charge in [-0.25, -0.2) is 0 Å². The summed E-state index contributed by atoms with van der Waals surface area (Å²) in [6, 6.07) is 14.1. The van der Waals surface area contributed by atoms with E-state index in [1.807, 2.05) is 43.3 Å². The Balaban J connectivity index is 1.51. The summed E-state index contributed by atoms with van der Waals surface area (Å²) in [7, 11) is 1.67. The fraction of sp³-hybridized carbons (Fsp3) is 0.458. The Morgan fingerprint density at radius 2 is 1.96 bits per heavy atom. The van der Waals surface area contributed by atoms with Crippen LogP contribution >= 0.6 is 0 Å². The van der Waals surface area contributed by atoms with E-state index in [2.05, 4.69) is 11.4 Å². The number of benzene rings is 2. The highest BCUT2D eigenvalue weighted by Crippen LogP contribution is 2.46. The molecule has 2 aliphatic rings. The number of amides is 1. The lowest BCUT2D eigenvalue weighted by atomic mass is 9.77. The molecule has 28 heavy (non-hydrogen) atoms. The fourth-order valence-corrected chi connectivity index (χ4v) is 4.73. The Bertz CT molecular complexity index is 855. The Morgan fingerprint density at radius 3 is 2.71 bits per heavy atom. The molecule has 1 aliphatic carbocycles. The fourth-order valence-electron chi connectivity index (χ4n) is 4.73. The van der Waals surface area contributed by atoms with Crippen molar-refractivity contribution in [2.45, 2.75) is 63.5 Å². The first-order chi connectivity index (χ1) is 13.6. The lowest BCUT2D eigenvalue weighted by Crippen LogP contribution is -2.46. The predicted octanol–water partition coefficient (Wildman–Crippen LogP) is 4.89. The van der Waals surface area contributed by atoms with Crippen LogP contribution in [0.4, 0.5) is 0 Å². The molecule has 1 aliphatic heterocycles. The first kappa shape index (κ1) is 18.9. The van der Waals surface area contributed by atoms with Gasteiger partial charge in [0.25, 0.3) is 0 Å². The predicted molar refractivity (Wildman–Crippen MR) is 110 cm³/mol. The second-order valence-electron chi connectivity index (χ2n) is 8.19. The van der Waals surface area contributed by atoms with Crippen LogP contribution in [0.1, 0.15) is 61.3 Å². The molecule has 1 N–H and O–H groups in total. The minimum absolute atomic E-state index is 0.00916. The summed E-state index contributed by atoms with van der Waals surface area (Å²) in [5, 5.41) is 3.29. The number of ether oxygens (including phenoxy) is 2. The lowest BCUT2D eigenvalue weighted by Gasteiger charge is -2.44. The third-order valence-corrected chi connectivity index (χ3v) is 6.12. The number of carbonyl (C=O) groups excluding carboxylic acids is 1. The molecule has 148 valence electrons. The van der Waals surface area contributed by atoms with E-state index in [1.54, 1.807) is 7.11 Å². The van der Waals surface area contributed by atoms with Crippen molar-refractivity contribution in [2.24, 2.45) is 0 Å². The smallest absolute Gasteiger partial charge is 0.224 e. The Morgan fingerprint density at radius 1 is 1.18 bits per heavy atom. The molecule has 0 radical (unpaired) electrons. The van der Waals surface area contributed by atoms with Crippen molar-refractivity contribution in [1.29, 1.82) is 0 Å². The Kier molecular flexibility index (Phi) is 5.29. The van der Waals surface area contributed by atoms with E-state index in [4.69, 9.17) is 9.47 Å². The van der Waals surface area contributed by atoms with E-state index in [1.165, 1.54) is 19.3 Å². The molecule has 2 aromatic carbocycles. The number of hydrogen-bond donors (Lipinski definition) is 1. The van der Waals surface area contributed by atoms with E-state index >= 15 is 0 Å². The van der Waals surface area contributed by atoms with Crippen molar-refractivity contribution in [3.63, 3.8) is 0 Å². The molecular formula is C24H29NO3. The van der Waals surface area contributed by atoms with Crippen LogP contribution in [-0.4, -0.2) is 18.6 Å². The zero-order valence-corrected chi connectivity index (χ0v) is 16.8. The molecule has 1 atom stereocenters. The van der Waals surface area contributed by atoms with Crippen LogP contribution in [-0.2, 0) is 11.2 Å². The first-order valence-electron chi connectivity index (χ1n) is 10.3. The molecule has 4 heteroatoms. The van der Waals surface area contributed by atoms with Crippen LogP contribution < -0.4 is 14.8 Å². The van der Waals surface area contributed by atoms with Gasteiger partial charge >= 0.3 is 0 Å². The first-order valence-corrected chi connectivity index (χ1v) is 10.3. The van der Waals surface area contributed by atoms with Crippen LogP contribution in [0.3, 0.4) is 0 Å². The number of fused-ring (bicyclic) bond motifs is 1. The van der Waals surface area contributed by atoms with Gasteiger partial charge in [-0.15, -0.1) is 0 Å². The molecule has 0 bridgehead atoms. The highest BCUT2D eigenvalue weighted by atomic mass is 16.5. The number of carbonyl (C=O) groups is 1. The largest absolute Gasteiger partial charge is 0.496 e. The van der Waals surface area contributed by atoms with Gasteiger partial charge in [-0.3, -0.25) is 4.79 Å². The summed E-state index contributed by atoms with van der Waals surface area (Å²) < 4.78 is 11.8. The van der Waals surface area contributed by atoms with Gasteiger partial charge in [0.05, 0.1) is 19.6 Å². The van der Waals surface area contributed by atoms with Crippen LogP contribution in [0.15, 0.2) is 42.5 Å². The molecule has 1 amide bonds. The van der Waals surface area contributed by atoms with Gasteiger partial charge in [0, 0.05) is 12.0 Å². The number of para-hydroxylation sites is 1. The summed E-state index contributed by atoms with van der Waals surface area (Å²) in [5.41, 5.74) is 3.02. The average molecular weight is 380 g/mol. The average Bonchev–Trinajstić information content (AvgIpc) is 2.68. The van der Waals surface area contributed by atoms with Gasteiger partial charge in [-0.2, -0.15) is 0 Å². The molecule has 4 rings (SSSR count). The summed E-state index contributed by atoms with van der Waals surface area (Å²) in [6.07, 6.45) is 7.06. The molecule has 1 unspecified atom stereocenters. The van der Waals surface area contributed by atoms with Gasteiger partial charge in [-0.1, -0.05) is 36.8 Å². The summed E-state index contributed by atoms with van der Waals surface area (Å²) in [4.78, 5) is 12.8. The van der Waals surface area contributed by atoms with Crippen LogP contribution in [0.25, 0.3) is 0 Å². The molecule has 1 spiro atoms. The quantitative estimate of drug-likeness (QED) is 0.823. The van der Waals surface area contributed by atoms with Gasteiger partial charge in [-0.05, 0) is 55.9 Å². The van der Waals surface area contributed by atoms with Crippen molar-refractivity contribution in [3.8, 4) is 11.5 Å². The van der Waals surface area contributed by atoms with Crippen molar-refractivity contribution < 1.29 is 14.3 Å². The molecule has 4 nitrogen and oxygen atoms in total. The number of nitrogens with one attached hydrogen (secondary N) is 1. The highest BCUT2D eigenvalue weighted by molar-refractivity contribution is 5.79. The standard InChI is InChI=1S/C24H29NO3/c1-17-14-18(10-11-21(17)27-2)15-23(26)25-20-16-24(12-6-3-7-13-24)28-22-9-5-4-8-19(20)22/h4-5,8-11,14,20H,3,6-7,12-13,15-16H2,1-2H3,(H,25,26). The van der Waals surface area contributed by atoms with Gasteiger partial charge in [0.1, 0.15) is 17.1 Å². The van der Waals surface area contributed by atoms with E-state index < -0.39 is 0 Å².